The molecule has 0 fully saturated rings. The largest absolute Gasteiger partial charge is 0.490 e. The van der Waals surface area contributed by atoms with E-state index < -0.39 is 0 Å². The van der Waals surface area contributed by atoms with Gasteiger partial charge in [-0.15, -0.1) is 0 Å². The normalized spacial score (nSPS) is 10.1. The van der Waals surface area contributed by atoms with Crippen LogP contribution in [-0.4, -0.2) is 39.3 Å². The van der Waals surface area contributed by atoms with Crippen LogP contribution in [-0.2, 0) is 16.1 Å². The van der Waals surface area contributed by atoms with Crippen molar-refractivity contribution in [2.45, 2.75) is 6.54 Å². The van der Waals surface area contributed by atoms with E-state index in [9.17, 15) is 4.79 Å². The third-order valence-electron chi connectivity index (χ3n) is 2.53. The van der Waals surface area contributed by atoms with Gasteiger partial charge < -0.3 is 20.1 Å². The van der Waals surface area contributed by atoms with Crippen LogP contribution in [0.4, 0.5) is 0 Å². The van der Waals surface area contributed by atoms with E-state index in [1.165, 1.54) is 0 Å². The van der Waals surface area contributed by atoms with E-state index in [2.05, 4.69) is 17.2 Å². The van der Waals surface area contributed by atoms with Gasteiger partial charge in [0.2, 0.25) is 5.91 Å². The van der Waals surface area contributed by atoms with Gasteiger partial charge in [-0.25, -0.2) is 0 Å². The van der Waals surface area contributed by atoms with Gasteiger partial charge in [-0.2, -0.15) is 0 Å². The Bertz CT molecular complexity index is 404. The summed E-state index contributed by atoms with van der Waals surface area (Å²) < 4.78 is 10.2. The smallest absolute Gasteiger partial charge is 0.234 e. The fourth-order valence-corrected chi connectivity index (χ4v) is 1.53. The van der Waals surface area contributed by atoms with Gasteiger partial charge in [0.15, 0.2) is 0 Å². The molecule has 110 valence electrons. The Kier molecular flexibility index (Phi) is 8.10. The van der Waals surface area contributed by atoms with Gasteiger partial charge in [0.25, 0.3) is 0 Å². The monoisotopic (exact) mass is 278 g/mol. The molecular weight excluding hydrogens is 256 g/mol. The van der Waals surface area contributed by atoms with Crippen molar-refractivity contribution in [2.75, 3.05) is 33.4 Å². The molecule has 1 rings (SSSR count). The topological polar surface area (TPSA) is 59.6 Å². The summed E-state index contributed by atoms with van der Waals surface area (Å²) in [7, 11) is 1.60. The highest BCUT2D eigenvalue weighted by molar-refractivity contribution is 5.77. The molecule has 0 saturated heterocycles. The van der Waals surface area contributed by atoms with Crippen molar-refractivity contribution >= 4 is 5.91 Å². The second-order valence-electron chi connectivity index (χ2n) is 4.19. The lowest BCUT2D eigenvalue weighted by atomic mass is 10.2. The zero-order chi connectivity index (χ0) is 14.6. The molecule has 0 radical (unpaired) electrons. The number of rotatable bonds is 10. The van der Waals surface area contributed by atoms with E-state index in [1.807, 2.05) is 24.3 Å². The minimum Gasteiger partial charge on any atom is -0.490 e. The zero-order valence-corrected chi connectivity index (χ0v) is 11.9. The quantitative estimate of drug-likeness (QED) is 0.497. The van der Waals surface area contributed by atoms with Crippen LogP contribution < -0.4 is 15.4 Å². The number of amides is 1. The Morgan fingerprint density at radius 2 is 2.10 bits per heavy atom. The highest BCUT2D eigenvalue weighted by Crippen LogP contribution is 2.11. The summed E-state index contributed by atoms with van der Waals surface area (Å²) in [6, 6.07) is 7.74. The summed E-state index contributed by atoms with van der Waals surface area (Å²) in [6.45, 7) is 6.08. The highest BCUT2D eigenvalue weighted by atomic mass is 16.5. The van der Waals surface area contributed by atoms with E-state index in [4.69, 9.17) is 9.47 Å². The van der Waals surface area contributed by atoms with Crippen molar-refractivity contribution in [2.24, 2.45) is 0 Å². The van der Waals surface area contributed by atoms with Crippen molar-refractivity contribution in [1.29, 1.82) is 0 Å². The van der Waals surface area contributed by atoms with E-state index in [0.717, 1.165) is 11.3 Å². The van der Waals surface area contributed by atoms with E-state index >= 15 is 0 Å². The van der Waals surface area contributed by atoms with E-state index in [1.54, 1.807) is 13.2 Å². The van der Waals surface area contributed by atoms with Gasteiger partial charge in [0.05, 0.1) is 13.2 Å². The summed E-state index contributed by atoms with van der Waals surface area (Å²) in [5, 5.41) is 5.83. The van der Waals surface area contributed by atoms with Crippen molar-refractivity contribution in [3.05, 3.63) is 42.5 Å². The average molecular weight is 278 g/mol. The lowest BCUT2D eigenvalue weighted by molar-refractivity contribution is -0.120. The third-order valence-corrected chi connectivity index (χ3v) is 2.53. The fourth-order valence-electron chi connectivity index (χ4n) is 1.53. The number of hydrogen-bond donors (Lipinski definition) is 2. The van der Waals surface area contributed by atoms with Gasteiger partial charge in [0, 0.05) is 20.2 Å². The number of benzene rings is 1. The van der Waals surface area contributed by atoms with Crippen molar-refractivity contribution in [1.82, 2.24) is 10.6 Å². The predicted molar refractivity (Wildman–Crippen MR) is 78.7 cm³/mol. The minimum atomic E-state index is -0.0343. The number of hydrogen-bond acceptors (Lipinski definition) is 4. The maximum absolute atomic E-state index is 11.4. The van der Waals surface area contributed by atoms with Crippen LogP contribution in [0, 0.1) is 0 Å². The lowest BCUT2D eigenvalue weighted by Gasteiger charge is -2.07. The predicted octanol–water partition coefficient (Wildman–Crippen LogP) is 1.10. The number of ether oxygens (including phenoxy) is 2. The molecule has 20 heavy (non-hydrogen) atoms. The molecule has 1 aromatic rings. The van der Waals surface area contributed by atoms with Gasteiger partial charge in [0.1, 0.15) is 12.4 Å². The molecule has 0 aliphatic carbocycles. The molecule has 0 unspecified atom stereocenters. The molecule has 0 aliphatic rings. The molecule has 0 saturated carbocycles. The third kappa shape index (κ3) is 6.92. The van der Waals surface area contributed by atoms with Crippen LogP contribution >= 0.6 is 0 Å². The molecule has 5 nitrogen and oxygen atoms in total. The number of nitrogens with one attached hydrogen (secondary N) is 2. The van der Waals surface area contributed by atoms with Crippen LogP contribution in [0.25, 0.3) is 0 Å². The first-order valence-corrected chi connectivity index (χ1v) is 6.55. The van der Waals surface area contributed by atoms with E-state index in [0.29, 0.717) is 32.8 Å². The van der Waals surface area contributed by atoms with Crippen LogP contribution in [0.1, 0.15) is 5.56 Å². The summed E-state index contributed by atoms with van der Waals surface area (Å²) in [6.07, 6.45) is 1.71. The average Bonchev–Trinajstić information content (AvgIpc) is 2.47. The number of carbonyl (C=O) groups is 1. The summed E-state index contributed by atoms with van der Waals surface area (Å²) in [4.78, 5) is 11.4. The van der Waals surface area contributed by atoms with Crippen molar-refractivity contribution in [3.8, 4) is 5.75 Å². The SMILES string of the molecule is C=CCOc1ccc(CNCC(=O)NCCOC)cc1. The Balaban J connectivity index is 2.21. The molecule has 0 aliphatic heterocycles. The molecule has 1 amide bonds. The molecule has 0 bridgehead atoms. The summed E-state index contributed by atoms with van der Waals surface area (Å²) >= 11 is 0. The van der Waals surface area contributed by atoms with Gasteiger partial charge in [-0.3, -0.25) is 4.79 Å². The Labute approximate surface area is 120 Å². The first kappa shape index (κ1) is 16.2. The molecule has 1 aromatic carbocycles. The molecule has 0 aromatic heterocycles. The Morgan fingerprint density at radius 3 is 2.75 bits per heavy atom. The second kappa shape index (κ2) is 10.00. The summed E-state index contributed by atoms with van der Waals surface area (Å²) in [5.74, 6) is 0.777. The van der Waals surface area contributed by atoms with Crippen LogP contribution in [0.5, 0.6) is 5.75 Å². The van der Waals surface area contributed by atoms with Crippen LogP contribution in [0.3, 0.4) is 0 Å². The van der Waals surface area contributed by atoms with Crippen LogP contribution in [0.15, 0.2) is 36.9 Å². The minimum absolute atomic E-state index is 0.0343. The second-order valence-corrected chi connectivity index (χ2v) is 4.19. The van der Waals surface area contributed by atoms with Crippen molar-refractivity contribution < 1.29 is 14.3 Å². The molecule has 5 heteroatoms. The molecule has 2 N–H and O–H groups in total. The number of carbonyl (C=O) groups excluding carboxylic acids is 1. The molecule has 0 spiro atoms. The standard InChI is InChI=1S/C15H22N2O3/c1-3-9-20-14-6-4-13(5-7-14)11-16-12-15(18)17-8-10-19-2/h3-7,16H,1,8-12H2,2H3,(H,17,18). The number of methoxy groups -OCH3 is 1. The van der Waals surface area contributed by atoms with Crippen molar-refractivity contribution in [3.63, 3.8) is 0 Å². The lowest BCUT2D eigenvalue weighted by Crippen LogP contribution is -2.35. The fraction of sp³-hybridized carbons (Fsp3) is 0.400. The Morgan fingerprint density at radius 1 is 1.35 bits per heavy atom. The summed E-state index contributed by atoms with van der Waals surface area (Å²) in [5.41, 5.74) is 1.10. The van der Waals surface area contributed by atoms with Gasteiger partial charge >= 0.3 is 0 Å². The van der Waals surface area contributed by atoms with Gasteiger partial charge in [-0.05, 0) is 17.7 Å². The zero-order valence-electron chi connectivity index (χ0n) is 11.9. The van der Waals surface area contributed by atoms with Crippen LogP contribution in [0.2, 0.25) is 0 Å². The molecule has 0 atom stereocenters. The highest BCUT2D eigenvalue weighted by Gasteiger charge is 2.00. The molecule has 0 heterocycles. The first-order valence-electron chi connectivity index (χ1n) is 6.55. The maximum atomic E-state index is 11.4. The maximum Gasteiger partial charge on any atom is 0.234 e. The molecular formula is C15H22N2O3. The first-order chi connectivity index (χ1) is 9.76. The van der Waals surface area contributed by atoms with Gasteiger partial charge in [-0.1, -0.05) is 24.8 Å². The Hall–Kier alpha value is -1.85. The van der Waals surface area contributed by atoms with E-state index in [-0.39, 0.29) is 5.91 Å².